The maximum Gasteiger partial charge on any atom is 0.0415 e. The lowest BCUT2D eigenvalue weighted by molar-refractivity contribution is 0.203. The molecule has 2 heterocycles. The highest BCUT2D eigenvalue weighted by atomic mass is 15.3. The van der Waals surface area contributed by atoms with Gasteiger partial charge in [-0.25, -0.2) is 0 Å². The third-order valence-corrected chi connectivity index (χ3v) is 4.70. The van der Waals surface area contributed by atoms with Gasteiger partial charge in [0.25, 0.3) is 0 Å². The normalized spacial score (nSPS) is 27.6. The Kier molecular flexibility index (Phi) is 3.50. The Balaban J connectivity index is 1.88. The molecule has 104 valence electrons. The smallest absolute Gasteiger partial charge is 0.0415 e. The summed E-state index contributed by atoms with van der Waals surface area (Å²) in [5.74, 6) is 0. The van der Waals surface area contributed by atoms with E-state index in [1.54, 1.807) is 0 Å². The predicted molar refractivity (Wildman–Crippen MR) is 80.5 cm³/mol. The van der Waals surface area contributed by atoms with Crippen molar-refractivity contribution < 1.29 is 0 Å². The molecule has 2 saturated heterocycles. The lowest BCUT2D eigenvalue weighted by Crippen LogP contribution is -2.55. The molecular formula is C16H25N3. The third kappa shape index (κ3) is 2.37. The Morgan fingerprint density at radius 1 is 1.32 bits per heavy atom. The summed E-state index contributed by atoms with van der Waals surface area (Å²) in [7, 11) is 0. The monoisotopic (exact) mass is 259 g/mol. The topological polar surface area (TPSA) is 32.5 Å². The average Bonchev–Trinajstić information content (AvgIpc) is 2.85. The molecular weight excluding hydrogens is 234 g/mol. The Hall–Kier alpha value is -1.06. The zero-order chi connectivity index (χ0) is 13.4. The minimum absolute atomic E-state index is 0.586. The summed E-state index contributed by atoms with van der Waals surface area (Å²) in [6, 6.07) is 8.05. The molecule has 2 N–H and O–H groups in total. The summed E-state index contributed by atoms with van der Waals surface area (Å²) in [6.45, 7) is 8.77. The fourth-order valence-electron chi connectivity index (χ4n) is 3.68. The highest BCUT2D eigenvalue weighted by molar-refractivity contribution is 5.56. The Morgan fingerprint density at radius 2 is 2.16 bits per heavy atom. The van der Waals surface area contributed by atoms with Gasteiger partial charge in [0.1, 0.15) is 0 Å². The van der Waals surface area contributed by atoms with Crippen LogP contribution in [0.2, 0.25) is 0 Å². The average molecular weight is 259 g/mol. The number of hydrogen-bond donors (Lipinski definition) is 1. The molecule has 2 fully saturated rings. The molecule has 0 spiro atoms. The van der Waals surface area contributed by atoms with Crippen LogP contribution in [0.3, 0.4) is 0 Å². The van der Waals surface area contributed by atoms with Gasteiger partial charge in [0.2, 0.25) is 0 Å². The zero-order valence-electron chi connectivity index (χ0n) is 12.1. The number of fused-ring (bicyclic) bond motifs is 1. The number of nitrogens with two attached hydrogens (primary N) is 1. The van der Waals surface area contributed by atoms with E-state index in [-0.39, 0.29) is 0 Å². The third-order valence-electron chi connectivity index (χ3n) is 4.70. The molecule has 3 heteroatoms. The molecule has 0 aromatic heterocycles. The maximum atomic E-state index is 5.94. The second-order valence-electron chi connectivity index (χ2n) is 6.13. The Morgan fingerprint density at radius 3 is 2.95 bits per heavy atom. The van der Waals surface area contributed by atoms with Crippen molar-refractivity contribution in [3.8, 4) is 0 Å². The van der Waals surface area contributed by atoms with Gasteiger partial charge in [0, 0.05) is 37.4 Å². The Bertz CT molecular complexity index is 457. The molecule has 0 bridgehead atoms. The van der Waals surface area contributed by atoms with Crippen molar-refractivity contribution in [2.75, 3.05) is 24.5 Å². The molecule has 1 aromatic rings. The second-order valence-corrected chi connectivity index (χ2v) is 6.13. The van der Waals surface area contributed by atoms with Crippen molar-refractivity contribution in [1.29, 1.82) is 0 Å². The van der Waals surface area contributed by atoms with Gasteiger partial charge in [0.05, 0.1) is 0 Å². The van der Waals surface area contributed by atoms with Gasteiger partial charge in [-0.3, -0.25) is 4.90 Å². The van der Waals surface area contributed by atoms with Gasteiger partial charge in [-0.15, -0.1) is 0 Å². The first kappa shape index (κ1) is 12.9. The van der Waals surface area contributed by atoms with E-state index in [2.05, 4.69) is 41.8 Å². The number of rotatable bonds is 2. The van der Waals surface area contributed by atoms with Crippen LogP contribution < -0.4 is 10.6 Å². The molecule has 2 atom stereocenters. The van der Waals surface area contributed by atoms with Crippen LogP contribution >= 0.6 is 0 Å². The van der Waals surface area contributed by atoms with Crippen molar-refractivity contribution in [3.05, 3.63) is 29.3 Å². The summed E-state index contributed by atoms with van der Waals surface area (Å²) in [4.78, 5) is 5.24. The fourth-order valence-corrected chi connectivity index (χ4v) is 3.68. The van der Waals surface area contributed by atoms with E-state index in [9.17, 15) is 0 Å². The molecule has 2 unspecified atom stereocenters. The van der Waals surface area contributed by atoms with Crippen LogP contribution in [-0.2, 0) is 6.54 Å². The SMILES string of the molecule is Cc1ccc(N2CC3CCCN3CC2C)c(CN)c1. The van der Waals surface area contributed by atoms with E-state index in [1.165, 1.54) is 42.7 Å². The first-order valence-electron chi connectivity index (χ1n) is 7.49. The molecule has 1 aromatic carbocycles. The summed E-state index contributed by atoms with van der Waals surface area (Å²) < 4.78 is 0. The van der Waals surface area contributed by atoms with Gasteiger partial charge in [-0.1, -0.05) is 17.7 Å². The molecule has 0 radical (unpaired) electrons. The van der Waals surface area contributed by atoms with Crippen LogP contribution in [0.1, 0.15) is 30.9 Å². The minimum Gasteiger partial charge on any atom is -0.366 e. The second kappa shape index (κ2) is 5.14. The molecule has 3 nitrogen and oxygen atoms in total. The summed E-state index contributed by atoms with van der Waals surface area (Å²) in [5, 5.41) is 0. The van der Waals surface area contributed by atoms with E-state index >= 15 is 0 Å². The first-order chi connectivity index (χ1) is 9.19. The number of hydrogen-bond acceptors (Lipinski definition) is 3. The van der Waals surface area contributed by atoms with Gasteiger partial charge in [0.15, 0.2) is 0 Å². The molecule has 0 saturated carbocycles. The van der Waals surface area contributed by atoms with Crippen molar-refractivity contribution in [3.63, 3.8) is 0 Å². The fraction of sp³-hybridized carbons (Fsp3) is 0.625. The van der Waals surface area contributed by atoms with Crippen LogP contribution in [0.25, 0.3) is 0 Å². The summed E-state index contributed by atoms with van der Waals surface area (Å²) >= 11 is 0. The van der Waals surface area contributed by atoms with E-state index < -0.39 is 0 Å². The van der Waals surface area contributed by atoms with Crippen molar-refractivity contribution in [2.45, 2.75) is 45.3 Å². The maximum absolute atomic E-state index is 5.94. The molecule has 0 aliphatic carbocycles. The largest absolute Gasteiger partial charge is 0.366 e. The highest BCUT2D eigenvalue weighted by Gasteiger charge is 2.34. The van der Waals surface area contributed by atoms with Crippen LogP contribution in [0, 0.1) is 6.92 Å². The number of nitrogens with zero attached hydrogens (tertiary/aromatic N) is 2. The van der Waals surface area contributed by atoms with Gasteiger partial charge in [-0.05, 0) is 44.9 Å². The van der Waals surface area contributed by atoms with E-state index in [1.807, 2.05) is 0 Å². The van der Waals surface area contributed by atoms with Crippen LogP contribution in [0.4, 0.5) is 5.69 Å². The number of piperazine rings is 1. The predicted octanol–water partition coefficient (Wildman–Crippen LogP) is 2.13. The van der Waals surface area contributed by atoms with Gasteiger partial charge < -0.3 is 10.6 Å². The van der Waals surface area contributed by atoms with E-state index in [0.717, 1.165) is 12.6 Å². The lowest BCUT2D eigenvalue weighted by Gasteiger charge is -2.44. The number of benzene rings is 1. The minimum atomic E-state index is 0.586. The summed E-state index contributed by atoms with van der Waals surface area (Å²) in [6.07, 6.45) is 2.72. The van der Waals surface area contributed by atoms with Gasteiger partial charge in [-0.2, -0.15) is 0 Å². The molecule has 2 aliphatic heterocycles. The quantitative estimate of drug-likeness (QED) is 0.883. The van der Waals surface area contributed by atoms with Crippen LogP contribution in [-0.4, -0.2) is 36.6 Å². The van der Waals surface area contributed by atoms with Crippen molar-refractivity contribution >= 4 is 5.69 Å². The van der Waals surface area contributed by atoms with Crippen LogP contribution in [0.15, 0.2) is 18.2 Å². The van der Waals surface area contributed by atoms with Crippen molar-refractivity contribution in [1.82, 2.24) is 4.90 Å². The zero-order valence-corrected chi connectivity index (χ0v) is 12.1. The van der Waals surface area contributed by atoms with Gasteiger partial charge >= 0.3 is 0 Å². The van der Waals surface area contributed by atoms with Crippen molar-refractivity contribution in [2.24, 2.45) is 5.73 Å². The van der Waals surface area contributed by atoms with E-state index in [4.69, 9.17) is 5.73 Å². The van der Waals surface area contributed by atoms with Crippen LogP contribution in [0.5, 0.6) is 0 Å². The number of aryl methyl sites for hydroxylation is 1. The summed E-state index contributed by atoms with van der Waals surface area (Å²) in [5.41, 5.74) is 9.89. The first-order valence-corrected chi connectivity index (χ1v) is 7.49. The standard InChI is InChI=1S/C16H25N3/c1-12-5-6-16(14(8-12)9-17)19-11-15-4-3-7-18(15)10-13(19)2/h5-6,8,13,15H,3-4,7,9-11,17H2,1-2H3. The molecule has 0 amide bonds. The molecule has 2 aliphatic rings. The molecule has 3 rings (SSSR count). The lowest BCUT2D eigenvalue weighted by atomic mass is 10.0. The highest BCUT2D eigenvalue weighted by Crippen LogP contribution is 2.31. The number of anilines is 1. The molecule has 19 heavy (non-hydrogen) atoms. The Labute approximate surface area is 116 Å². The van der Waals surface area contributed by atoms with E-state index in [0.29, 0.717) is 12.6 Å².